The lowest BCUT2D eigenvalue weighted by atomic mass is 9.80. The van der Waals surface area contributed by atoms with Gasteiger partial charge in [-0.3, -0.25) is 0 Å². The molecular weight excluding hydrogens is 390 g/mol. The van der Waals surface area contributed by atoms with Gasteiger partial charge in [-0.25, -0.2) is 0 Å². The first-order chi connectivity index (χ1) is 14.9. The van der Waals surface area contributed by atoms with Crippen molar-refractivity contribution >= 4 is 0 Å². The Morgan fingerprint density at radius 2 is 0.875 bits per heavy atom. The van der Waals surface area contributed by atoms with Gasteiger partial charge in [0.25, 0.3) is 0 Å². The third kappa shape index (κ3) is 11.2. The molecule has 1 aromatic carbocycles. The molecule has 0 bridgehead atoms. The molecule has 0 aliphatic carbocycles. The topological polar surface area (TPSA) is 23.1 Å². The summed E-state index contributed by atoms with van der Waals surface area (Å²) in [4.78, 5) is 0. The number of nitrogens with zero attached hydrogens (tertiary/aromatic N) is 1. The van der Waals surface area contributed by atoms with Gasteiger partial charge in [-0.15, -0.1) is 5.75 Å². The van der Waals surface area contributed by atoms with Crippen molar-refractivity contribution < 1.29 is 9.59 Å². The monoisotopic (exact) mass is 447 g/mol. The van der Waals surface area contributed by atoms with Crippen LogP contribution >= 0.6 is 0 Å². The Kier molecular flexibility index (Phi) is 14.5. The first-order valence-electron chi connectivity index (χ1n) is 13.5. The first-order valence-corrected chi connectivity index (χ1v) is 13.5. The second-order valence-corrected chi connectivity index (χ2v) is 11.8. The van der Waals surface area contributed by atoms with Crippen molar-refractivity contribution in [1.82, 2.24) is 0 Å². The maximum Gasteiger partial charge on any atom is 0.0786 e. The van der Waals surface area contributed by atoms with E-state index in [1.807, 2.05) is 18.2 Å². The molecule has 0 unspecified atom stereocenters. The first kappa shape index (κ1) is 31.0. The van der Waals surface area contributed by atoms with E-state index >= 15 is 0 Å². The molecule has 0 spiro atoms. The van der Waals surface area contributed by atoms with E-state index in [0.29, 0.717) is 0 Å². The summed E-state index contributed by atoms with van der Waals surface area (Å²) < 4.78 is 1.42. The van der Waals surface area contributed by atoms with Crippen LogP contribution in [-0.2, 0) is 10.8 Å². The lowest BCUT2D eigenvalue weighted by molar-refractivity contribution is -0.929. The molecule has 0 aliphatic rings. The fraction of sp³-hybridized carbons (Fsp3) is 0.800. The summed E-state index contributed by atoms with van der Waals surface area (Å²) in [5.74, 6) is 0.206. The summed E-state index contributed by atoms with van der Waals surface area (Å²) in [7, 11) is 0. The van der Waals surface area contributed by atoms with E-state index in [-0.39, 0.29) is 16.6 Å². The van der Waals surface area contributed by atoms with Crippen LogP contribution in [0, 0.1) is 0 Å². The Labute approximate surface area is 202 Å². The molecule has 0 saturated heterocycles. The number of benzene rings is 1. The Hall–Kier alpha value is -1.02. The minimum absolute atomic E-state index is 0.0711. The molecule has 1 aromatic rings. The quantitative estimate of drug-likeness (QED) is 0.295. The van der Waals surface area contributed by atoms with Crippen LogP contribution in [0.5, 0.6) is 5.75 Å². The zero-order valence-electron chi connectivity index (χ0n) is 23.6. The highest BCUT2D eigenvalue weighted by molar-refractivity contribution is 5.46. The number of quaternary nitrogens is 1. The van der Waals surface area contributed by atoms with Gasteiger partial charge in [0.2, 0.25) is 0 Å². The second-order valence-electron chi connectivity index (χ2n) is 11.8. The van der Waals surface area contributed by atoms with Crippen LogP contribution in [0.2, 0.25) is 0 Å². The third-order valence-electron chi connectivity index (χ3n) is 6.58. The summed E-state index contributed by atoms with van der Waals surface area (Å²) in [6.07, 6.45) is 11.1. The molecule has 0 heterocycles. The van der Waals surface area contributed by atoms with Crippen LogP contribution in [0.15, 0.2) is 18.2 Å². The minimum Gasteiger partial charge on any atom is -0.872 e. The van der Waals surface area contributed by atoms with Crippen molar-refractivity contribution in [3.8, 4) is 5.75 Å². The normalized spacial score (nSPS) is 12.4. The third-order valence-corrected chi connectivity index (χ3v) is 6.58. The van der Waals surface area contributed by atoms with E-state index < -0.39 is 0 Å². The molecule has 32 heavy (non-hydrogen) atoms. The number of hydrogen-bond acceptors (Lipinski definition) is 1. The van der Waals surface area contributed by atoms with E-state index in [9.17, 15) is 5.11 Å². The van der Waals surface area contributed by atoms with Crippen LogP contribution in [0.25, 0.3) is 0 Å². The fourth-order valence-electron chi connectivity index (χ4n) is 4.36. The molecule has 188 valence electrons. The minimum atomic E-state index is -0.0711. The van der Waals surface area contributed by atoms with E-state index in [2.05, 4.69) is 69.2 Å². The number of para-hydroxylation sites is 1. The van der Waals surface area contributed by atoms with E-state index in [1.165, 1.54) is 82.0 Å². The van der Waals surface area contributed by atoms with Gasteiger partial charge in [0.05, 0.1) is 26.2 Å². The van der Waals surface area contributed by atoms with Crippen LogP contribution in [0.1, 0.15) is 132 Å². The predicted octanol–water partition coefficient (Wildman–Crippen LogP) is 8.36. The van der Waals surface area contributed by atoms with Crippen molar-refractivity contribution in [3.05, 3.63) is 29.3 Å². The zero-order chi connectivity index (χ0) is 24.8. The number of unbranched alkanes of at least 4 members (excludes halogenated alkanes) is 4. The molecule has 0 aromatic heterocycles. The molecule has 2 nitrogen and oxygen atoms in total. The Bertz CT molecular complexity index is 536. The Balaban J connectivity index is 0.000000604. The smallest absolute Gasteiger partial charge is 0.0786 e. The molecule has 0 amide bonds. The van der Waals surface area contributed by atoms with Crippen LogP contribution in [-0.4, -0.2) is 30.7 Å². The Morgan fingerprint density at radius 1 is 0.594 bits per heavy atom. The number of hydrogen-bond donors (Lipinski definition) is 0. The summed E-state index contributed by atoms with van der Waals surface area (Å²) in [6, 6.07) is 5.87. The molecule has 0 N–H and O–H groups in total. The van der Waals surface area contributed by atoms with Gasteiger partial charge in [-0.2, -0.15) is 0 Å². The van der Waals surface area contributed by atoms with Gasteiger partial charge >= 0.3 is 0 Å². The zero-order valence-corrected chi connectivity index (χ0v) is 23.6. The fourth-order valence-corrected chi connectivity index (χ4v) is 4.36. The van der Waals surface area contributed by atoms with Gasteiger partial charge in [-0.05, 0) is 36.5 Å². The molecule has 1 rings (SSSR count). The number of rotatable bonds is 12. The van der Waals surface area contributed by atoms with Crippen molar-refractivity contribution in [2.75, 3.05) is 26.2 Å². The standard InChI is InChI=1S/C16H36N.C14H22O/c1-5-9-13-17(14-10-6-2,15-11-7-3)16-12-8-4;1-13(2,3)10-8-7-9-11(12(10)15)14(4,5)6/h5-16H2,1-4H3;7-9,15H,1-6H3/q+1;/p-1. The highest BCUT2D eigenvalue weighted by atomic mass is 16.3. The molecule has 2 heteroatoms. The maximum absolute atomic E-state index is 12.3. The van der Waals surface area contributed by atoms with E-state index in [4.69, 9.17) is 0 Å². The summed E-state index contributed by atoms with van der Waals surface area (Å²) in [6.45, 7) is 27.5. The highest BCUT2D eigenvalue weighted by Gasteiger charge is 2.24. The van der Waals surface area contributed by atoms with Crippen LogP contribution in [0.4, 0.5) is 0 Å². The van der Waals surface area contributed by atoms with Gasteiger partial charge in [-0.1, -0.05) is 124 Å². The lowest BCUT2D eigenvalue weighted by Crippen LogP contribution is -2.50. The SMILES string of the molecule is CC(C)(C)c1cccc(C(C)(C)C)c1[O-].CCCC[N+](CCCC)(CCCC)CCCC. The van der Waals surface area contributed by atoms with Gasteiger partial charge in [0.1, 0.15) is 0 Å². The van der Waals surface area contributed by atoms with Crippen molar-refractivity contribution in [3.63, 3.8) is 0 Å². The highest BCUT2D eigenvalue weighted by Crippen LogP contribution is 2.36. The largest absolute Gasteiger partial charge is 0.872 e. The van der Waals surface area contributed by atoms with Crippen LogP contribution in [0.3, 0.4) is 0 Å². The summed E-state index contributed by atoms with van der Waals surface area (Å²) in [5, 5.41) is 12.3. The van der Waals surface area contributed by atoms with E-state index in [1.54, 1.807) is 0 Å². The molecule has 0 saturated carbocycles. The molecule has 0 atom stereocenters. The van der Waals surface area contributed by atoms with E-state index in [0.717, 1.165) is 11.1 Å². The summed E-state index contributed by atoms with van der Waals surface area (Å²) >= 11 is 0. The molecule has 0 radical (unpaired) electrons. The average molecular weight is 448 g/mol. The predicted molar refractivity (Wildman–Crippen MR) is 143 cm³/mol. The van der Waals surface area contributed by atoms with Crippen LogP contribution < -0.4 is 5.11 Å². The molecular formula is C30H57NO. The van der Waals surface area contributed by atoms with Gasteiger partial charge < -0.3 is 9.59 Å². The Morgan fingerprint density at radius 3 is 1.09 bits per heavy atom. The van der Waals surface area contributed by atoms with Gasteiger partial charge in [0, 0.05) is 0 Å². The lowest BCUT2D eigenvalue weighted by Gasteiger charge is -2.39. The van der Waals surface area contributed by atoms with Crippen molar-refractivity contribution in [1.29, 1.82) is 0 Å². The average Bonchev–Trinajstić information content (AvgIpc) is 2.71. The van der Waals surface area contributed by atoms with Crippen molar-refractivity contribution in [2.24, 2.45) is 0 Å². The van der Waals surface area contributed by atoms with Gasteiger partial charge in [0.15, 0.2) is 0 Å². The second kappa shape index (κ2) is 15.0. The molecule has 0 fully saturated rings. The molecule has 0 aliphatic heterocycles. The maximum atomic E-state index is 12.3. The summed E-state index contributed by atoms with van der Waals surface area (Å²) in [5.41, 5.74) is 1.68. The van der Waals surface area contributed by atoms with Crippen molar-refractivity contribution in [2.45, 2.75) is 131 Å².